The lowest BCUT2D eigenvalue weighted by molar-refractivity contribution is -0.117. The van der Waals surface area contributed by atoms with Gasteiger partial charge in [0.05, 0.1) is 0 Å². The molecule has 3 atom stereocenters. The molecule has 2 N–H and O–H groups in total. The molecule has 2 aliphatic rings. The molecule has 2 saturated heterocycles. The molecule has 0 spiro atoms. The van der Waals surface area contributed by atoms with Crippen LogP contribution in [0.5, 0.6) is 0 Å². The zero-order valence-electron chi connectivity index (χ0n) is 21.2. The Bertz CT molecular complexity index is 1210. The highest BCUT2D eigenvalue weighted by Crippen LogP contribution is 2.30. The molecular weight excluding hydrogens is 491 g/mol. The number of hydrogen-bond acceptors (Lipinski definition) is 9. The maximum Gasteiger partial charge on any atom is 0.226 e. The molecule has 196 valence electrons. The summed E-state index contributed by atoms with van der Waals surface area (Å²) in [7, 11) is 0. The van der Waals surface area contributed by atoms with E-state index in [1.807, 2.05) is 24.3 Å². The Morgan fingerprint density at radius 3 is 2.84 bits per heavy atom. The van der Waals surface area contributed by atoms with Crippen LogP contribution in [0.1, 0.15) is 49.8 Å². The summed E-state index contributed by atoms with van der Waals surface area (Å²) in [5, 5.41) is 24.1. The second kappa shape index (κ2) is 11.5. The number of nitrogens with one attached hydrogen (secondary N) is 2. The lowest BCUT2D eigenvalue weighted by Crippen LogP contribution is -2.38. The third-order valence-electron chi connectivity index (χ3n) is 7.32. The Balaban J connectivity index is 1.09. The summed E-state index contributed by atoms with van der Waals surface area (Å²) < 4.78 is 14.1. The molecule has 9 nitrogen and oxygen atoms in total. The quantitative estimate of drug-likeness (QED) is 0.451. The number of aryl methyl sites for hydroxylation is 1. The van der Waals surface area contributed by atoms with Gasteiger partial charge in [-0.25, -0.2) is 4.39 Å². The predicted molar refractivity (Wildman–Crippen MR) is 143 cm³/mol. The topological polar surface area (TPSA) is 99.2 Å². The Morgan fingerprint density at radius 2 is 2.03 bits per heavy atom. The normalized spacial score (nSPS) is 21.1. The minimum atomic E-state index is -0.168. The molecule has 1 unspecified atom stereocenters. The molecule has 0 aliphatic carbocycles. The molecule has 5 rings (SSSR count). The first kappa shape index (κ1) is 25.5. The number of nitrogens with zero attached hydrogens (tertiary/aromatic N) is 6. The molecule has 2 aromatic heterocycles. The molecule has 1 amide bonds. The van der Waals surface area contributed by atoms with E-state index in [1.165, 1.54) is 11.3 Å². The Kier molecular flexibility index (Phi) is 7.90. The van der Waals surface area contributed by atoms with E-state index in [0.29, 0.717) is 22.2 Å². The first-order valence-electron chi connectivity index (χ1n) is 12.9. The monoisotopic (exact) mass is 524 g/mol. The van der Waals surface area contributed by atoms with E-state index >= 15 is 0 Å². The van der Waals surface area contributed by atoms with Crippen LogP contribution in [0, 0.1) is 18.7 Å². The van der Waals surface area contributed by atoms with Gasteiger partial charge in [-0.1, -0.05) is 23.5 Å². The van der Waals surface area contributed by atoms with Gasteiger partial charge in [-0.05, 0) is 74.9 Å². The zero-order valence-corrected chi connectivity index (χ0v) is 22.0. The van der Waals surface area contributed by atoms with Crippen LogP contribution < -0.4 is 15.5 Å². The summed E-state index contributed by atoms with van der Waals surface area (Å²) in [5.74, 6) is 0.915. The van der Waals surface area contributed by atoms with Crippen molar-refractivity contribution >= 4 is 33.3 Å². The number of amides is 1. The molecular formula is C26H33FN8OS. The summed E-state index contributed by atoms with van der Waals surface area (Å²) in [6, 6.07) is 9.66. The van der Waals surface area contributed by atoms with E-state index in [-0.39, 0.29) is 29.7 Å². The summed E-state index contributed by atoms with van der Waals surface area (Å²) in [6.07, 6.45) is 5.10. The van der Waals surface area contributed by atoms with Crippen molar-refractivity contribution in [3.8, 4) is 0 Å². The van der Waals surface area contributed by atoms with Gasteiger partial charge in [-0.3, -0.25) is 9.69 Å². The minimum absolute atomic E-state index is 0.0433. The molecule has 4 heterocycles. The third kappa shape index (κ3) is 6.40. The SMILES string of the molecule is Cc1ccc(C(C)N2CCC[C@@H](CC(=O)Nc3nnc(N[C@@H]4CCN(c5cccnn5)C4)s3)C2)cc1F. The Hall–Kier alpha value is -3.18. The summed E-state index contributed by atoms with van der Waals surface area (Å²) in [4.78, 5) is 17.3. The van der Waals surface area contributed by atoms with Crippen LogP contribution in [0.15, 0.2) is 36.5 Å². The van der Waals surface area contributed by atoms with E-state index in [2.05, 4.69) is 47.8 Å². The maximum absolute atomic E-state index is 14.1. The van der Waals surface area contributed by atoms with Crippen molar-refractivity contribution in [3.05, 3.63) is 53.5 Å². The molecule has 37 heavy (non-hydrogen) atoms. The van der Waals surface area contributed by atoms with Gasteiger partial charge >= 0.3 is 0 Å². The van der Waals surface area contributed by atoms with Crippen molar-refractivity contribution in [2.75, 3.05) is 41.7 Å². The molecule has 0 radical (unpaired) electrons. The highest BCUT2D eigenvalue weighted by Gasteiger charge is 2.27. The summed E-state index contributed by atoms with van der Waals surface area (Å²) in [6.45, 7) is 7.37. The molecule has 0 bridgehead atoms. The van der Waals surface area contributed by atoms with Gasteiger partial charge in [0.15, 0.2) is 5.82 Å². The number of hydrogen-bond donors (Lipinski definition) is 2. The van der Waals surface area contributed by atoms with Crippen LogP contribution in [-0.2, 0) is 4.79 Å². The van der Waals surface area contributed by atoms with Crippen molar-refractivity contribution in [2.24, 2.45) is 5.92 Å². The first-order valence-corrected chi connectivity index (χ1v) is 13.7. The van der Waals surface area contributed by atoms with E-state index in [0.717, 1.165) is 56.8 Å². The molecule has 3 aromatic rings. The largest absolute Gasteiger partial charge is 0.355 e. The predicted octanol–water partition coefficient (Wildman–Crippen LogP) is 4.27. The number of likely N-dealkylation sites (tertiary alicyclic amines) is 1. The van der Waals surface area contributed by atoms with Crippen LogP contribution >= 0.6 is 11.3 Å². The average molecular weight is 525 g/mol. The fourth-order valence-corrected chi connectivity index (χ4v) is 5.92. The van der Waals surface area contributed by atoms with Crippen LogP contribution in [0.3, 0.4) is 0 Å². The maximum atomic E-state index is 14.1. The van der Waals surface area contributed by atoms with E-state index in [9.17, 15) is 9.18 Å². The minimum Gasteiger partial charge on any atom is -0.355 e. The number of piperidine rings is 1. The van der Waals surface area contributed by atoms with Gasteiger partial charge in [0.2, 0.25) is 16.2 Å². The third-order valence-corrected chi connectivity index (χ3v) is 8.09. The van der Waals surface area contributed by atoms with E-state index in [4.69, 9.17) is 0 Å². The molecule has 11 heteroatoms. The fourth-order valence-electron chi connectivity index (χ4n) is 5.18. The van der Waals surface area contributed by atoms with Crippen LogP contribution in [0.2, 0.25) is 0 Å². The van der Waals surface area contributed by atoms with Crippen LogP contribution in [0.25, 0.3) is 0 Å². The van der Waals surface area contributed by atoms with Crippen molar-refractivity contribution in [1.82, 2.24) is 25.3 Å². The number of anilines is 3. The van der Waals surface area contributed by atoms with Crippen molar-refractivity contribution in [2.45, 2.75) is 51.6 Å². The fraction of sp³-hybridized carbons (Fsp3) is 0.500. The van der Waals surface area contributed by atoms with Gasteiger partial charge in [0.1, 0.15) is 5.82 Å². The van der Waals surface area contributed by atoms with Crippen LogP contribution in [-0.4, -0.2) is 63.4 Å². The Morgan fingerprint density at radius 1 is 1.16 bits per heavy atom. The molecule has 0 saturated carbocycles. The number of rotatable bonds is 8. The summed E-state index contributed by atoms with van der Waals surface area (Å²) >= 11 is 1.35. The summed E-state index contributed by atoms with van der Waals surface area (Å²) in [5.41, 5.74) is 1.63. The van der Waals surface area contributed by atoms with Gasteiger partial charge in [-0.2, -0.15) is 5.10 Å². The Labute approximate surface area is 220 Å². The lowest BCUT2D eigenvalue weighted by atomic mass is 9.92. The lowest BCUT2D eigenvalue weighted by Gasteiger charge is -2.37. The highest BCUT2D eigenvalue weighted by molar-refractivity contribution is 7.19. The molecule has 2 aliphatic heterocycles. The molecule has 1 aromatic carbocycles. The standard InChI is InChI=1S/C26H33FN8OS/c1-17-7-8-20(14-22(17)27)18(2)34-11-4-5-19(15-34)13-24(36)30-26-33-32-25(37-26)29-21-9-12-35(16-21)23-6-3-10-28-31-23/h3,6-8,10,14,18-19,21H,4-5,9,11-13,15-16H2,1-2H3,(H,29,32)(H,30,33,36)/t18?,19-,21+/m0/s1. The number of carbonyl (C=O) groups excluding carboxylic acids is 1. The van der Waals surface area contributed by atoms with Gasteiger partial charge < -0.3 is 15.5 Å². The van der Waals surface area contributed by atoms with Gasteiger partial charge in [-0.15, -0.1) is 15.3 Å². The van der Waals surface area contributed by atoms with Gasteiger partial charge in [0, 0.05) is 44.3 Å². The molecule has 2 fully saturated rings. The smallest absolute Gasteiger partial charge is 0.226 e. The van der Waals surface area contributed by atoms with Crippen molar-refractivity contribution in [1.29, 1.82) is 0 Å². The number of benzene rings is 1. The second-order valence-corrected chi connectivity index (χ2v) is 11.0. The van der Waals surface area contributed by atoms with Crippen molar-refractivity contribution < 1.29 is 9.18 Å². The number of halogens is 1. The zero-order chi connectivity index (χ0) is 25.8. The number of carbonyl (C=O) groups is 1. The van der Waals surface area contributed by atoms with E-state index in [1.54, 1.807) is 19.2 Å². The second-order valence-electron chi connectivity index (χ2n) is 10.0. The van der Waals surface area contributed by atoms with E-state index < -0.39 is 0 Å². The van der Waals surface area contributed by atoms with Crippen LogP contribution in [0.4, 0.5) is 20.5 Å². The van der Waals surface area contributed by atoms with Gasteiger partial charge in [0.25, 0.3) is 0 Å². The van der Waals surface area contributed by atoms with Crippen molar-refractivity contribution in [3.63, 3.8) is 0 Å². The first-order chi connectivity index (χ1) is 17.9. The number of aromatic nitrogens is 4. The highest BCUT2D eigenvalue weighted by atomic mass is 32.1. The average Bonchev–Trinajstić information content (AvgIpc) is 3.55.